The Hall–Kier alpha value is -1.95. The van der Waals surface area contributed by atoms with Crippen LogP contribution in [0.5, 0.6) is 0 Å². The van der Waals surface area contributed by atoms with Gasteiger partial charge in [-0.2, -0.15) is 0 Å². The molecule has 136 valence electrons. The van der Waals surface area contributed by atoms with Crippen molar-refractivity contribution < 1.29 is 18.7 Å². The van der Waals surface area contributed by atoms with Gasteiger partial charge in [0, 0.05) is 38.9 Å². The summed E-state index contributed by atoms with van der Waals surface area (Å²) in [6.07, 6.45) is 2.27. The summed E-state index contributed by atoms with van der Waals surface area (Å²) in [5.74, 6) is -0.263. The molecule has 2 amide bonds. The number of hydrogen-bond acceptors (Lipinski definition) is 3. The highest BCUT2D eigenvalue weighted by Gasteiger charge is 2.38. The van der Waals surface area contributed by atoms with Crippen molar-refractivity contribution >= 4 is 17.5 Å². The Morgan fingerprint density at radius 1 is 1.36 bits per heavy atom. The van der Waals surface area contributed by atoms with Crippen molar-refractivity contribution in [3.63, 3.8) is 0 Å². The van der Waals surface area contributed by atoms with E-state index in [1.165, 1.54) is 6.07 Å². The molecule has 2 fully saturated rings. The average Bonchev–Trinajstić information content (AvgIpc) is 2.99. The molecule has 0 radical (unpaired) electrons. The van der Waals surface area contributed by atoms with Crippen LogP contribution < -0.4 is 4.90 Å². The zero-order chi connectivity index (χ0) is 18.0. The minimum absolute atomic E-state index is 0.0514. The SMILES string of the molecule is COC[C@@H]1CCCN(C(=O)[C@H]2CC(=O)N(c3ccc(F)c(C)c3)C2)C1. The molecule has 2 heterocycles. The topological polar surface area (TPSA) is 49.9 Å². The lowest BCUT2D eigenvalue weighted by atomic mass is 9.97. The van der Waals surface area contributed by atoms with E-state index in [1.54, 1.807) is 31.1 Å². The summed E-state index contributed by atoms with van der Waals surface area (Å²) in [4.78, 5) is 28.7. The van der Waals surface area contributed by atoms with Crippen LogP contribution in [0.25, 0.3) is 0 Å². The summed E-state index contributed by atoms with van der Waals surface area (Å²) in [7, 11) is 1.68. The number of carbonyl (C=O) groups excluding carboxylic acids is 2. The second-order valence-corrected chi connectivity index (χ2v) is 7.09. The molecule has 2 saturated heterocycles. The molecule has 5 nitrogen and oxygen atoms in total. The van der Waals surface area contributed by atoms with Gasteiger partial charge in [-0.1, -0.05) is 0 Å². The molecule has 0 spiro atoms. The summed E-state index contributed by atoms with van der Waals surface area (Å²) in [5, 5.41) is 0. The van der Waals surface area contributed by atoms with Gasteiger partial charge < -0.3 is 14.5 Å². The van der Waals surface area contributed by atoms with Gasteiger partial charge in [-0.15, -0.1) is 0 Å². The number of methoxy groups -OCH3 is 1. The largest absolute Gasteiger partial charge is 0.384 e. The first kappa shape index (κ1) is 17.9. The first-order chi connectivity index (χ1) is 12.0. The first-order valence-corrected chi connectivity index (χ1v) is 8.84. The maximum Gasteiger partial charge on any atom is 0.228 e. The summed E-state index contributed by atoms with van der Waals surface area (Å²) < 4.78 is 18.7. The fraction of sp³-hybridized carbons (Fsp3) is 0.579. The normalized spacial score (nSPS) is 24.0. The van der Waals surface area contributed by atoms with Crippen molar-refractivity contribution in [2.24, 2.45) is 11.8 Å². The number of aryl methyl sites for hydroxylation is 1. The van der Waals surface area contributed by atoms with Crippen LogP contribution in [0, 0.1) is 24.6 Å². The predicted octanol–water partition coefficient (Wildman–Crippen LogP) is 2.37. The van der Waals surface area contributed by atoms with Crippen LogP contribution in [0.3, 0.4) is 0 Å². The van der Waals surface area contributed by atoms with E-state index in [4.69, 9.17) is 4.74 Å². The fourth-order valence-corrected chi connectivity index (χ4v) is 3.81. The van der Waals surface area contributed by atoms with Crippen molar-refractivity contribution in [3.05, 3.63) is 29.6 Å². The number of rotatable bonds is 4. The maximum absolute atomic E-state index is 13.5. The number of carbonyl (C=O) groups is 2. The number of ether oxygens (including phenoxy) is 1. The molecule has 1 aromatic carbocycles. The highest BCUT2D eigenvalue weighted by Crippen LogP contribution is 2.29. The van der Waals surface area contributed by atoms with Crippen LogP contribution in [-0.4, -0.2) is 50.1 Å². The molecule has 0 aromatic heterocycles. The second kappa shape index (κ2) is 7.52. The molecule has 2 atom stereocenters. The third kappa shape index (κ3) is 3.84. The van der Waals surface area contributed by atoms with Crippen LogP contribution >= 0.6 is 0 Å². The minimum atomic E-state index is -0.320. The minimum Gasteiger partial charge on any atom is -0.384 e. The van der Waals surface area contributed by atoms with E-state index in [1.807, 2.05) is 4.90 Å². The molecule has 0 aliphatic carbocycles. The first-order valence-electron chi connectivity index (χ1n) is 8.84. The van der Waals surface area contributed by atoms with E-state index >= 15 is 0 Å². The van der Waals surface area contributed by atoms with Crippen molar-refractivity contribution in [3.8, 4) is 0 Å². The van der Waals surface area contributed by atoms with Crippen LogP contribution in [0.4, 0.5) is 10.1 Å². The number of anilines is 1. The molecule has 2 aliphatic rings. The Morgan fingerprint density at radius 2 is 2.16 bits per heavy atom. The third-order valence-electron chi connectivity index (χ3n) is 5.16. The number of piperidine rings is 1. The predicted molar refractivity (Wildman–Crippen MR) is 92.8 cm³/mol. The van der Waals surface area contributed by atoms with Gasteiger partial charge in [-0.05, 0) is 49.4 Å². The van der Waals surface area contributed by atoms with Gasteiger partial charge in [-0.25, -0.2) is 4.39 Å². The number of likely N-dealkylation sites (tertiary alicyclic amines) is 1. The van der Waals surface area contributed by atoms with Gasteiger partial charge in [0.25, 0.3) is 0 Å². The van der Waals surface area contributed by atoms with Gasteiger partial charge in [0.15, 0.2) is 0 Å². The number of halogens is 1. The standard InChI is InChI=1S/C19H25FN2O3/c1-13-8-16(5-6-17(13)20)22-11-15(9-18(22)23)19(24)21-7-3-4-14(10-21)12-25-2/h5-6,8,14-15H,3-4,7,9-12H2,1-2H3/t14-,15+/m1/s1. The number of amides is 2. The molecule has 0 bridgehead atoms. The fourth-order valence-electron chi connectivity index (χ4n) is 3.81. The number of hydrogen-bond donors (Lipinski definition) is 0. The molecular weight excluding hydrogens is 323 g/mol. The zero-order valence-corrected chi connectivity index (χ0v) is 14.8. The van der Waals surface area contributed by atoms with E-state index in [9.17, 15) is 14.0 Å². The molecule has 6 heteroatoms. The van der Waals surface area contributed by atoms with Gasteiger partial charge in [-0.3, -0.25) is 9.59 Å². The second-order valence-electron chi connectivity index (χ2n) is 7.09. The van der Waals surface area contributed by atoms with Crippen LogP contribution in [-0.2, 0) is 14.3 Å². The molecule has 2 aliphatic heterocycles. The van der Waals surface area contributed by atoms with Gasteiger partial charge in [0.2, 0.25) is 11.8 Å². The summed E-state index contributed by atoms with van der Waals surface area (Å²) in [5.41, 5.74) is 1.16. The van der Waals surface area contributed by atoms with E-state index in [0.717, 1.165) is 19.4 Å². The van der Waals surface area contributed by atoms with Crippen LogP contribution in [0.15, 0.2) is 18.2 Å². The molecular formula is C19H25FN2O3. The van der Waals surface area contributed by atoms with E-state index < -0.39 is 0 Å². The number of nitrogens with zero attached hydrogens (tertiary/aromatic N) is 2. The van der Waals surface area contributed by atoms with Crippen molar-refractivity contribution in [2.75, 3.05) is 38.3 Å². The Morgan fingerprint density at radius 3 is 2.88 bits per heavy atom. The smallest absolute Gasteiger partial charge is 0.228 e. The summed E-state index contributed by atoms with van der Waals surface area (Å²) in [6, 6.07) is 4.63. The summed E-state index contributed by atoms with van der Waals surface area (Å²) >= 11 is 0. The van der Waals surface area contributed by atoms with Gasteiger partial charge >= 0.3 is 0 Å². The molecule has 0 N–H and O–H groups in total. The van der Waals surface area contributed by atoms with Gasteiger partial charge in [0.1, 0.15) is 5.82 Å². The Labute approximate surface area is 147 Å². The van der Waals surface area contributed by atoms with E-state index in [0.29, 0.717) is 36.9 Å². The quantitative estimate of drug-likeness (QED) is 0.839. The lowest BCUT2D eigenvalue weighted by molar-refractivity contribution is -0.138. The van der Waals surface area contributed by atoms with Crippen molar-refractivity contribution in [1.82, 2.24) is 4.90 Å². The number of benzene rings is 1. The van der Waals surface area contributed by atoms with Crippen molar-refractivity contribution in [1.29, 1.82) is 0 Å². The van der Waals surface area contributed by atoms with Crippen LogP contribution in [0.2, 0.25) is 0 Å². The Kier molecular flexibility index (Phi) is 5.37. The van der Waals surface area contributed by atoms with E-state index in [2.05, 4.69) is 0 Å². The lowest BCUT2D eigenvalue weighted by Gasteiger charge is -2.34. The average molecular weight is 348 g/mol. The Bertz CT molecular complexity index is 662. The highest BCUT2D eigenvalue weighted by atomic mass is 19.1. The van der Waals surface area contributed by atoms with Gasteiger partial charge in [0.05, 0.1) is 12.5 Å². The summed E-state index contributed by atoms with van der Waals surface area (Å²) in [6.45, 7) is 4.15. The maximum atomic E-state index is 13.5. The Balaban J connectivity index is 1.67. The van der Waals surface area contributed by atoms with Crippen molar-refractivity contribution in [2.45, 2.75) is 26.2 Å². The zero-order valence-electron chi connectivity index (χ0n) is 14.8. The molecule has 25 heavy (non-hydrogen) atoms. The van der Waals surface area contributed by atoms with E-state index in [-0.39, 0.29) is 30.0 Å². The monoisotopic (exact) mass is 348 g/mol. The van der Waals surface area contributed by atoms with Crippen LogP contribution in [0.1, 0.15) is 24.8 Å². The molecule has 3 rings (SSSR count). The third-order valence-corrected chi connectivity index (χ3v) is 5.16. The highest BCUT2D eigenvalue weighted by molar-refractivity contribution is 6.00. The molecule has 1 aromatic rings. The lowest BCUT2D eigenvalue weighted by Crippen LogP contribution is -2.44. The molecule has 0 saturated carbocycles. The molecule has 0 unspecified atom stereocenters.